The molecule has 0 aliphatic heterocycles. The van der Waals surface area contributed by atoms with Crippen molar-refractivity contribution in [1.82, 2.24) is 0 Å². The average molecular weight is 291 g/mol. The maximum Gasteiger partial charge on any atom is 0.167 e. The standard InChI is InChI=1S/C16H18FNOS/c1-2-19-14-8-7-12(10-13(14)17)18-16(11-5-6-11)15-4-3-9-20-15/h3-4,7-11,16,18H,2,5-6H2,1H3. The lowest BCUT2D eigenvalue weighted by Crippen LogP contribution is -2.11. The second kappa shape index (κ2) is 5.83. The molecule has 1 N–H and O–H groups in total. The van der Waals surface area contributed by atoms with Crippen molar-refractivity contribution in [2.45, 2.75) is 25.8 Å². The van der Waals surface area contributed by atoms with Crippen molar-refractivity contribution in [2.24, 2.45) is 5.92 Å². The van der Waals surface area contributed by atoms with Gasteiger partial charge in [-0.25, -0.2) is 4.39 Å². The van der Waals surface area contributed by atoms with E-state index in [1.165, 1.54) is 23.8 Å². The first-order valence-electron chi connectivity index (χ1n) is 7.00. The van der Waals surface area contributed by atoms with Gasteiger partial charge in [0.15, 0.2) is 11.6 Å². The van der Waals surface area contributed by atoms with Gasteiger partial charge in [-0.1, -0.05) is 6.07 Å². The largest absolute Gasteiger partial charge is 0.491 e. The Labute approximate surface area is 122 Å². The molecule has 0 spiro atoms. The molecule has 1 aromatic carbocycles. The van der Waals surface area contributed by atoms with E-state index in [1.807, 2.05) is 13.0 Å². The lowest BCUT2D eigenvalue weighted by molar-refractivity contribution is 0.321. The van der Waals surface area contributed by atoms with E-state index in [9.17, 15) is 4.39 Å². The van der Waals surface area contributed by atoms with Crippen LogP contribution in [-0.2, 0) is 0 Å². The van der Waals surface area contributed by atoms with E-state index in [0.717, 1.165) is 5.69 Å². The monoisotopic (exact) mass is 291 g/mol. The van der Waals surface area contributed by atoms with E-state index < -0.39 is 0 Å². The highest BCUT2D eigenvalue weighted by Crippen LogP contribution is 2.44. The van der Waals surface area contributed by atoms with Gasteiger partial charge < -0.3 is 10.1 Å². The molecule has 1 unspecified atom stereocenters. The summed E-state index contributed by atoms with van der Waals surface area (Å²) in [6.07, 6.45) is 2.49. The molecular formula is C16H18FNOS. The molecule has 1 saturated carbocycles. The summed E-state index contributed by atoms with van der Waals surface area (Å²) in [6, 6.07) is 9.61. The number of rotatable bonds is 6. The van der Waals surface area contributed by atoms with Gasteiger partial charge in [0.25, 0.3) is 0 Å². The first-order valence-corrected chi connectivity index (χ1v) is 7.88. The van der Waals surface area contributed by atoms with Crippen LogP contribution in [0, 0.1) is 11.7 Å². The number of nitrogens with one attached hydrogen (secondary N) is 1. The zero-order valence-corrected chi connectivity index (χ0v) is 12.3. The zero-order chi connectivity index (χ0) is 13.9. The third-order valence-electron chi connectivity index (χ3n) is 3.50. The summed E-state index contributed by atoms with van der Waals surface area (Å²) in [5.41, 5.74) is 0.816. The Balaban J connectivity index is 1.77. The normalized spacial score (nSPS) is 15.9. The Morgan fingerprint density at radius 3 is 2.85 bits per heavy atom. The first kappa shape index (κ1) is 13.4. The molecule has 1 aliphatic carbocycles. The maximum absolute atomic E-state index is 13.9. The van der Waals surface area contributed by atoms with E-state index in [1.54, 1.807) is 17.4 Å². The Kier molecular flexibility index (Phi) is 3.92. The zero-order valence-electron chi connectivity index (χ0n) is 11.4. The summed E-state index contributed by atoms with van der Waals surface area (Å²) < 4.78 is 19.1. The Morgan fingerprint density at radius 1 is 1.40 bits per heavy atom. The topological polar surface area (TPSA) is 21.3 Å². The molecule has 2 aromatic rings. The predicted molar refractivity (Wildman–Crippen MR) is 81.0 cm³/mol. The molecule has 4 heteroatoms. The average Bonchev–Trinajstić information content (AvgIpc) is 3.13. The lowest BCUT2D eigenvalue weighted by Gasteiger charge is -2.18. The van der Waals surface area contributed by atoms with Crippen molar-refractivity contribution < 1.29 is 9.13 Å². The fourth-order valence-corrected chi connectivity index (χ4v) is 3.23. The summed E-state index contributed by atoms with van der Waals surface area (Å²) in [6.45, 7) is 2.33. The molecule has 1 heterocycles. The third-order valence-corrected chi connectivity index (χ3v) is 4.45. The number of hydrogen-bond acceptors (Lipinski definition) is 3. The number of anilines is 1. The molecule has 0 bridgehead atoms. The molecule has 0 radical (unpaired) electrons. The highest BCUT2D eigenvalue weighted by atomic mass is 32.1. The van der Waals surface area contributed by atoms with Crippen molar-refractivity contribution in [3.05, 3.63) is 46.4 Å². The molecule has 0 saturated heterocycles. The fraction of sp³-hybridized carbons (Fsp3) is 0.375. The highest BCUT2D eigenvalue weighted by Gasteiger charge is 2.33. The van der Waals surface area contributed by atoms with Crippen molar-refractivity contribution in [2.75, 3.05) is 11.9 Å². The molecule has 20 heavy (non-hydrogen) atoms. The summed E-state index contributed by atoms with van der Waals surface area (Å²) in [5, 5.41) is 5.56. The molecule has 1 aromatic heterocycles. The van der Waals surface area contributed by atoms with Crippen LogP contribution in [0.2, 0.25) is 0 Å². The number of ether oxygens (including phenoxy) is 1. The van der Waals surface area contributed by atoms with Gasteiger partial charge in [0.1, 0.15) is 0 Å². The first-order chi connectivity index (χ1) is 9.78. The summed E-state index contributed by atoms with van der Waals surface area (Å²) in [4.78, 5) is 1.32. The molecule has 106 valence electrons. The number of benzene rings is 1. The van der Waals surface area contributed by atoms with Crippen LogP contribution >= 0.6 is 11.3 Å². The van der Waals surface area contributed by atoms with Crippen LogP contribution in [0.15, 0.2) is 35.7 Å². The van der Waals surface area contributed by atoms with E-state index in [-0.39, 0.29) is 5.82 Å². The van der Waals surface area contributed by atoms with Gasteiger partial charge in [-0.05, 0) is 49.3 Å². The van der Waals surface area contributed by atoms with Gasteiger partial charge in [0.2, 0.25) is 0 Å². The Morgan fingerprint density at radius 2 is 2.25 bits per heavy atom. The van der Waals surface area contributed by atoms with Crippen molar-refractivity contribution in [1.29, 1.82) is 0 Å². The van der Waals surface area contributed by atoms with E-state index in [0.29, 0.717) is 24.3 Å². The van der Waals surface area contributed by atoms with Crippen molar-refractivity contribution in [3.63, 3.8) is 0 Å². The molecule has 1 atom stereocenters. The SMILES string of the molecule is CCOc1ccc(NC(c2cccs2)C2CC2)cc1F. The Bertz CT molecular complexity index is 566. The minimum Gasteiger partial charge on any atom is -0.491 e. The minimum atomic E-state index is -0.308. The lowest BCUT2D eigenvalue weighted by atomic mass is 10.1. The third kappa shape index (κ3) is 2.96. The Hall–Kier alpha value is -1.55. The molecule has 1 aliphatic rings. The molecule has 1 fully saturated rings. The van der Waals surface area contributed by atoms with Crippen LogP contribution < -0.4 is 10.1 Å². The van der Waals surface area contributed by atoms with E-state index >= 15 is 0 Å². The number of halogens is 1. The number of hydrogen-bond donors (Lipinski definition) is 1. The fourth-order valence-electron chi connectivity index (χ4n) is 2.36. The van der Waals surface area contributed by atoms with Crippen LogP contribution in [0.5, 0.6) is 5.75 Å². The highest BCUT2D eigenvalue weighted by molar-refractivity contribution is 7.10. The summed E-state index contributed by atoms with van der Waals surface area (Å²) >= 11 is 1.75. The predicted octanol–water partition coefficient (Wildman–Crippen LogP) is 4.85. The van der Waals surface area contributed by atoms with E-state index in [2.05, 4.69) is 22.8 Å². The van der Waals surface area contributed by atoms with Gasteiger partial charge >= 0.3 is 0 Å². The second-order valence-corrected chi connectivity index (χ2v) is 6.03. The van der Waals surface area contributed by atoms with Crippen molar-refractivity contribution in [3.8, 4) is 5.75 Å². The van der Waals surface area contributed by atoms with Gasteiger partial charge in [0, 0.05) is 16.6 Å². The van der Waals surface area contributed by atoms with Crippen LogP contribution in [0.4, 0.5) is 10.1 Å². The van der Waals surface area contributed by atoms with Gasteiger partial charge in [-0.3, -0.25) is 0 Å². The van der Waals surface area contributed by atoms with Crippen LogP contribution in [0.1, 0.15) is 30.7 Å². The van der Waals surface area contributed by atoms with Gasteiger partial charge in [-0.2, -0.15) is 0 Å². The maximum atomic E-state index is 13.9. The smallest absolute Gasteiger partial charge is 0.167 e. The minimum absolute atomic E-state index is 0.298. The summed E-state index contributed by atoms with van der Waals surface area (Å²) in [7, 11) is 0. The van der Waals surface area contributed by atoms with Crippen LogP contribution in [-0.4, -0.2) is 6.61 Å². The van der Waals surface area contributed by atoms with Gasteiger partial charge in [0.05, 0.1) is 12.6 Å². The molecular weight excluding hydrogens is 273 g/mol. The van der Waals surface area contributed by atoms with Crippen molar-refractivity contribution >= 4 is 17.0 Å². The quantitative estimate of drug-likeness (QED) is 0.821. The molecule has 2 nitrogen and oxygen atoms in total. The number of thiophene rings is 1. The summed E-state index contributed by atoms with van der Waals surface area (Å²) in [5.74, 6) is 0.679. The van der Waals surface area contributed by atoms with Gasteiger partial charge in [-0.15, -0.1) is 11.3 Å². The second-order valence-electron chi connectivity index (χ2n) is 5.05. The van der Waals surface area contributed by atoms with Crippen LogP contribution in [0.3, 0.4) is 0 Å². The molecule has 0 amide bonds. The van der Waals surface area contributed by atoms with Crippen LogP contribution in [0.25, 0.3) is 0 Å². The molecule has 3 rings (SSSR count). The van der Waals surface area contributed by atoms with E-state index in [4.69, 9.17) is 4.74 Å².